The van der Waals surface area contributed by atoms with E-state index in [1.165, 1.54) is 18.4 Å². The summed E-state index contributed by atoms with van der Waals surface area (Å²) in [7, 11) is 1.30. The third-order valence-electron chi connectivity index (χ3n) is 2.30. The van der Waals surface area contributed by atoms with Crippen molar-refractivity contribution in [2.45, 2.75) is 26.7 Å². The number of nitrogens with zero attached hydrogens (tertiary/aromatic N) is 1. The molecule has 0 N–H and O–H groups in total. The largest absolute Gasteiger partial charge is 0.468 e. The fraction of sp³-hybridized carbons (Fsp3) is 0.545. The van der Waals surface area contributed by atoms with Gasteiger partial charge in [-0.3, -0.25) is 9.59 Å². The van der Waals surface area contributed by atoms with Crippen LogP contribution in [0.15, 0.2) is 5.38 Å². The fourth-order valence-corrected chi connectivity index (χ4v) is 2.07. The van der Waals surface area contributed by atoms with Gasteiger partial charge in [0.1, 0.15) is 5.92 Å². The van der Waals surface area contributed by atoms with Crippen molar-refractivity contribution < 1.29 is 14.3 Å². The van der Waals surface area contributed by atoms with E-state index in [1.807, 2.05) is 12.3 Å². The molecule has 0 aromatic carbocycles. The van der Waals surface area contributed by atoms with E-state index in [1.54, 1.807) is 6.92 Å². The van der Waals surface area contributed by atoms with Crippen LogP contribution in [-0.4, -0.2) is 23.8 Å². The number of carbonyl (C=O) groups excluding carboxylic acids is 2. The maximum absolute atomic E-state index is 11.8. The van der Waals surface area contributed by atoms with E-state index in [-0.39, 0.29) is 12.2 Å². The van der Waals surface area contributed by atoms with Crippen LogP contribution in [0.25, 0.3) is 0 Å². The van der Waals surface area contributed by atoms with Crippen molar-refractivity contribution in [1.82, 2.24) is 4.98 Å². The molecule has 0 saturated heterocycles. The van der Waals surface area contributed by atoms with E-state index in [2.05, 4.69) is 9.72 Å². The van der Waals surface area contributed by atoms with Crippen LogP contribution in [0.1, 0.15) is 24.0 Å². The van der Waals surface area contributed by atoms with Crippen molar-refractivity contribution in [3.8, 4) is 0 Å². The van der Waals surface area contributed by atoms with Gasteiger partial charge in [-0.05, 0) is 13.3 Å². The summed E-state index contributed by atoms with van der Waals surface area (Å²) in [5.74, 6) is -1.24. The summed E-state index contributed by atoms with van der Waals surface area (Å²) in [5, 5.41) is 2.77. The first-order valence-electron chi connectivity index (χ1n) is 5.10. The first-order chi connectivity index (χ1) is 7.58. The number of rotatable bonds is 5. The van der Waals surface area contributed by atoms with Gasteiger partial charge in [0.05, 0.1) is 24.2 Å². The molecular weight excluding hydrogens is 226 g/mol. The molecule has 5 heteroatoms. The highest BCUT2D eigenvalue weighted by Gasteiger charge is 2.25. The molecule has 16 heavy (non-hydrogen) atoms. The zero-order valence-corrected chi connectivity index (χ0v) is 10.5. The smallest absolute Gasteiger partial charge is 0.316 e. The monoisotopic (exact) mass is 241 g/mol. The number of aromatic nitrogens is 1. The van der Waals surface area contributed by atoms with E-state index in [9.17, 15) is 9.59 Å². The van der Waals surface area contributed by atoms with Crippen LogP contribution in [0.2, 0.25) is 0 Å². The Morgan fingerprint density at radius 3 is 2.69 bits per heavy atom. The maximum Gasteiger partial charge on any atom is 0.316 e. The van der Waals surface area contributed by atoms with Crippen LogP contribution in [-0.2, 0) is 20.7 Å². The van der Waals surface area contributed by atoms with E-state index in [4.69, 9.17) is 0 Å². The summed E-state index contributed by atoms with van der Waals surface area (Å²) < 4.78 is 4.59. The SMILES string of the molecule is CCC(C(=O)Cc1csc(C)n1)C(=O)OC. The molecule has 0 fully saturated rings. The van der Waals surface area contributed by atoms with Gasteiger partial charge in [0.25, 0.3) is 0 Å². The maximum atomic E-state index is 11.8. The van der Waals surface area contributed by atoms with Gasteiger partial charge in [-0.15, -0.1) is 11.3 Å². The number of hydrogen-bond donors (Lipinski definition) is 0. The Bertz CT molecular complexity index is 386. The second-order valence-electron chi connectivity index (χ2n) is 3.48. The molecule has 1 atom stereocenters. The average molecular weight is 241 g/mol. The van der Waals surface area contributed by atoms with Gasteiger partial charge >= 0.3 is 5.97 Å². The van der Waals surface area contributed by atoms with Crippen molar-refractivity contribution >= 4 is 23.1 Å². The molecule has 1 aromatic rings. The number of Topliss-reactive ketones (excluding diaryl/α,β-unsaturated/α-hetero) is 1. The number of hydrogen-bond acceptors (Lipinski definition) is 5. The molecule has 1 aromatic heterocycles. The van der Waals surface area contributed by atoms with Gasteiger partial charge in [0, 0.05) is 5.38 Å². The van der Waals surface area contributed by atoms with Crippen molar-refractivity contribution in [3.05, 3.63) is 16.1 Å². The van der Waals surface area contributed by atoms with Gasteiger partial charge in [-0.2, -0.15) is 0 Å². The van der Waals surface area contributed by atoms with Gasteiger partial charge in [0.15, 0.2) is 5.78 Å². The lowest BCUT2D eigenvalue weighted by atomic mass is 9.98. The van der Waals surface area contributed by atoms with Crippen LogP contribution in [0.3, 0.4) is 0 Å². The Balaban J connectivity index is 2.66. The summed E-state index contributed by atoms with van der Waals surface area (Å²) in [6.07, 6.45) is 0.673. The molecular formula is C11H15NO3S. The van der Waals surface area contributed by atoms with Crippen molar-refractivity contribution in [2.24, 2.45) is 5.92 Å². The molecule has 0 bridgehead atoms. The number of thiazole rings is 1. The highest BCUT2D eigenvalue weighted by atomic mass is 32.1. The zero-order valence-electron chi connectivity index (χ0n) is 9.65. The molecule has 0 saturated carbocycles. The van der Waals surface area contributed by atoms with Crippen LogP contribution < -0.4 is 0 Å². The van der Waals surface area contributed by atoms with E-state index < -0.39 is 11.9 Å². The number of carbonyl (C=O) groups is 2. The third-order valence-corrected chi connectivity index (χ3v) is 3.13. The lowest BCUT2D eigenvalue weighted by Crippen LogP contribution is -2.26. The molecule has 0 amide bonds. The number of esters is 1. The average Bonchev–Trinajstić information content (AvgIpc) is 2.64. The molecule has 0 spiro atoms. The first-order valence-corrected chi connectivity index (χ1v) is 5.98. The fourth-order valence-electron chi connectivity index (χ4n) is 1.46. The lowest BCUT2D eigenvalue weighted by Gasteiger charge is -2.09. The predicted molar refractivity (Wildman–Crippen MR) is 61.4 cm³/mol. The minimum absolute atomic E-state index is 0.125. The van der Waals surface area contributed by atoms with Crippen LogP contribution >= 0.6 is 11.3 Å². The van der Waals surface area contributed by atoms with Gasteiger partial charge < -0.3 is 4.74 Å². The standard InChI is InChI=1S/C11H15NO3S/c1-4-9(11(14)15-3)10(13)5-8-6-16-7(2)12-8/h6,9H,4-5H2,1-3H3. The zero-order chi connectivity index (χ0) is 12.1. The van der Waals surface area contributed by atoms with Crippen molar-refractivity contribution in [2.75, 3.05) is 7.11 Å². The molecule has 0 aliphatic carbocycles. The summed E-state index contributed by atoms with van der Waals surface area (Å²) in [6, 6.07) is 0. The number of aryl methyl sites for hydroxylation is 1. The second kappa shape index (κ2) is 5.75. The number of ketones is 1. The summed E-state index contributed by atoms with van der Waals surface area (Å²) in [4.78, 5) is 27.3. The Hall–Kier alpha value is -1.23. The predicted octanol–water partition coefficient (Wildman–Crippen LogP) is 1.76. The Kier molecular flexibility index (Phi) is 4.61. The Labute approximate surface area is 98.6 Å². The topological polar surface area (TPSA) is 56.3 Å². The second-order valence-corrected chi connectivity index (χ2v) is 4.55. The Morgan fingerprint density at radius 2 is 2.25 bits per heavy atom. The minimum atomic E-state index is -0.660. The third kappa shape index (κ3) is 3.13. The highest BCUT2D eigenvalue weighted by molar-refractivity contribution is 7.09. The molecule has 4 nitrogen and oxygen atoms in total. The molecule has 1 unspecified atom stereocenters. The molecule has 0 radical (unpaired) electrons. The van der Waals surface area contributed by atoms with Crippen molar-refractivity contribution in [1.29, 1.82) is 0 Å². The van der Waals surface area contributed by atoms with E-state index in [0.717, 1.165) is 10.7 Å². The van der Waals surface area contributed by atoms with Crippen LogP contribution in [0, 0.1) is 12.8 Å². The number of methoxy groups -OCH3 is 1. The number of ether oxygens (including phenoxy) is 1. The van der Waals surface area contributed by atoms with Gasteiger partial charge in [-0.25, -0.2) is 4.98 Å². The lowest BCUT2D eigenvalue weighted by molar-refractivity contribution is -0.149. The summed E-state index contributed by atoms with van der Waals surface area (Å²) in [6.45, 7) is 3.68. The minimum Gasteiger partial charge on any atom is -0.468 e. The Morgan fingerprint density at radius 1 is 1.56 bits per heavy atom. The molecule has 1 heterocycles. The van der Waals surface area contributed by atoms with E-state index in [0.29, 0.717) is 6.42 Å². The molecule has 88 valence electrons. The summed E-state index contributed by atoms with van der Waals surface area (Å²) >= 11 is 1.50. The van der Waals surface area contributed by atoms with Crippen LogP contribution in [0.4, 0.5) is 0 Å². The summed E-state index contributed by atoms with van der Waals surface area (Å²) in [5.41, 5.74) is 0.731. The highest BCUT2D eigenvalue weighted by Crippen LogP contribution is 2.13. The van der Waals surface area contributed by atoms with E-state index >= 15 is 0 Å². The van der Waals surface area contributed by atoms with Gasteiger partial charge in [0.2, 0.25) is 0 Å². The van der Waals surface area contributed by atoms with Crippen molar-refractivity contribution in [3.63, 3.8) is 0 Å². The normalized spacial score (nSPS) is 12.2. The molecule has 0 aliphatic heterocycles. The van der Waals surface area contributed by atoms with Gasteiger partial charge in [-0.1, -0.05) is 6.92 Å². The van der Waals surface area contributed by atoms with Crippen LogP contribution in [0.5, 0.6) is 0 Å². The molecule has 0 aliphatic rings. The quantitative estimate of drug-likeness (QED) is 0.582. The molecule has 1 rings (SSSR count). The first kappa shape index (κ1) is 12.8.